The van der Waals surface area contributed by atoms with E-state index >= 15 is 0 Å². The van der Waals surface area contributed by atoms with Gasteiger partial charge in [0.15, 0.2) is 0 Å². The maximum absolute atomic E-state index is 13.5. The molecular weight excluding hydrogens is 442 g/mol. The van der Waals surface area contributed by atoms with Gasteiger partial charge in [-0.05, 0) is 67.2 Å². The Kier molecular flexibility index (Phi) is 9.54. The number of carboxylic acid groups (broad SMARTS) is 1. The van der Waals surface area contributed by atoms with Crippen molar-refractivity contribution in [2.45, 2.75) is 25.3 Å². The summed E-state index contributed by atoms with van der Waals surface area (Å²) in [5, 5.41) is 12.6. The van der Waals surface area contributed by atoms with E-state index in [1.165, 1.54) is 11.9 Å². The number of piperidine rings is 1. The zero-order chi connectivity index (χ0) is 23.6. The molecule has 2 N–H and O–H groups in total. The molecular formula is C25H32ClN3O4. The van der Waals surface area contributed by atoms with Gasteiger partial charge in [-0.25, -0.2) is 9.59 Å². The van der Waals surface area contributed by atoms with Crippen LogP contribution in [0.15, 0.2) is 48.5 Å². The van der Waals surface area contributed by atoms with E-state index < -0.39 is 5.97 Å². The van der Waals surface area contributed by atoms with E-state index in [1.807, 2.05) is 17.0 Å². The summed E-state index contributed by atoms with van der Waals surface area (Å²) in [6.45, 7) is 4.64. The minimum atomic E-state index is -0.956. The highest BCUT2D eigenvalue weighted by atomic mass is 35.5. The summed E-state index contributed by atoms with van der Waals surface area (Å²) in [5.41, 5.74) is 3.26. The Morgan fingerprint density at radius 1 is 1.09 bits per heavy atom. The highest BCUT2D eigenvalue weighted by Gasteiger charge is 2.25. The third-order valence-electron chi connectivity index (χ3n) is 6.05. The van der Waals surface area contributed by atoms with Gasteiger partial charge in [0.2, 0.25) is 0 Å². The van der Waals surface area contributed by atoms with E-state index in [2.05, 4.69) is 29.1 Å². The van der Waals surface area contributed by atoms with Crippen LogP contribution in [0.5, 0.6) is 0 Å². The van der Waals surface area contributed by atoms with E-state index in [0.29, 0.717) is 38.8 Å². The average Bonchev–Trinajstić information content (AvgIpc) is 2.89. The molecule has 0 spiro atoms. The van der Waals surface area contributed by atoms with Gasteiger partial charge in [-0.15, -0.1) is 11.6 Å². The Hall–Kier alpha value is -2.61. The number of nitrogens with zero attached hydrogens (tertiary/aromatic N) is 2. The maximum Gasteiger partial charge on any atom is 0.335 e. The van der Waals surface area contributed by atoms with Gasteiger partial charge < -0.3 is 20.1 Å². The lowest BCUT2D eigenvalue weighted by molar-refractivity contribution is 0.0548. The predicted octanol–water partition coefficient (Wildman–Crippen LogP) is 4.17. The van der Waals surface area contributed by atoms with Gasteiger partial charge in [0.25, 0.3) is 0 Å². The first-order chi connectivity index (χ1) is 16.1. The molecule has 2 aliphatic heterocycles. The second-order valence-corrected chi connectivity index (χ2v) is 8.09. The van der Waals surface area contributed by atoms with E-state index in [-0.39, 0.29) is 11.6 Å². The van der Waals surface area contributed by atoms with Crippen molar-refractivity contribution in [3.8, 4) is 0 Å². The number of nitrogens with one attached hydrogen (secondary N) is 1. The van der Waals surface area contributed by atoms with Gasteiger partial charge in [0.05, 0.1) is 25.3 Å². The third kappa shape index (κ3) is 6.69. The molecule has 0 saturated carbocycles. The lowest BCUT2D eigenvalue weighted by Gasteiger charge is -2.33. The topological polar surface area (TPSA) is 82.1 Å². The predicted molar refractivity (Wildman–Crippen MR) is 130 cm³/mol. The van der Waals surface area contributed by atoms with Crippen molar-refractivity contribution in [1.29, 1.82) is 0 Å². The highest BCUT2D eigenvalue weighted by molar-refractivity contribution is 6.15. The molecule has 2 fully saturated rings. The fourth-order valence-corrected chi connectivity index (χ4v) is 4.23. The summed E-state index contributed by atoms with van der Waals surface area (Å²) in [7, 11) is 0. The van der Waals surface area contributed by atoms with E-state index in [0.717, 1.165) is 37.2 Å². The standard InChI is InChI=1S/C24H29N3O4.CH3Cl/c28-23(29)20-6-4-18(5-7-20)17-27(24(30)26-12-14-31-15-13-26)22-3-1-2-21(16-22)19-8-10-25-11-9-19;1-2/h1-7,16,19,25H,8-15,17H2,(H,28,29);1H3. The number of carbonyl (C=O) groups excluding carboxylic acids is 1. The molecule has 0 aliphatic carbocycles. The van der Waals surface area contributed by atoms with Crippen LogP contribution in [0.3, 0.4) is 0 Å². The summed E-state index contributed by atoms with van der Waals surface area (Å²) in [4.78, 5) is 28.3. The number of hydrogen-bond acceptors (Lipinski definition) is 4. The SMILES string of the molecule is CCl.O=C(O)c1ccc(CN(C(=O)N2CCOCC2)c2cccc(C3CCNCC3)c2)cc1. The van der Waals surface area contributed by atoms with Gasteiger partial charge >= 0.3 is 12.0 Å². The number of ether oxygens (including phenoxy) is 1. The number of urea groups is 1. The number of aromatic carboxylic acids is 1. The Balaban J connectivity index is 0.00000149. The van der Waals surface area contributed by atoms with Crippen LogP contribution >= 0.6 is 11.6 Å². The number of carbonyl (C=O) groups is 2. The van der Waals surface area contributed by atoms with Crippen LogP contribution in [-0.4, -0.2) is 67.8 Å². The number of anilines is 1. The molecule has 0 radical (unpaired) electrons. The number of alkyl halides is 1. The lowest BCUT2D eigenvalue weighted by Crippen LogP contribution is -2.48. The minimum absolute atomic E-state index is 0.0481. The van der Waals surface area contributed by atoms with Crippen molar-refractivity contribution in [3.05, 3.63) is 65.2 Å². The number of halogens is 1. The molecule has 0 bridgehead atoms. The average molecular weight is 474 g/mol. The molecule has 33 heavy (non-hydrogen) atoms. The maximum atomic E-state index is 13.5. The Bertz CT molecular complexity index is 910. The van der Waals surface area contributed by atoms with Crippen molar-refractivity contribution in [3.63, 3.8) is 0 Å². The van der Waals surface area contributed by atoms with Gasteiger partial charge in [0, 0.05) is 25.2 Å². The fourth-order valence-electron chi connectivity index (χ4n) is 4.23. The summed E-state index contributed by atoms with van der Waals surface area (Å²) in [5.74, 6) is -0.459. The minimum Gasteiger partial charge on any atom is -0.478 e. The van der Waals surface area contributed by atoms with Crippen molar-refractivity contribution >= 4 is 29.3 Å². The Morgan fingerprint density at radius 3 is 2.39 bits per heavy atom. The zero-order valence-electron chi connectivity index (χ0n) is 19.0. The molecule has 0 aromatic heterocycles. The molecule has 8 heteroatoms. The van der Waals surface area contributed by atoms with Gasteiger partial charge in [-0.1, -0.05) is 24.3 Å². The van der Waals surface area contributed by atoms with Gasteiger partial charge in [-0.3, -0.25) is 4.90 Å². The first-order valence-corrected chi connectivity index (χ1v) is 12.0. The molecule has 2 aromatic rings. The molecule has 2 amide bonds. The van der Waals surface area contributed by atoms with Crippen LogP contribution in [0.25, 0.3) is 0 Å². The normalized spacial score (nSPS) is 16.5. The molecule has 178 valence electrons. The number of amides is 2. The lowest BCUT2D eigenvalue weighted by atomic mass is 9.90. The van der Waals surface area contributed by atoms with Crippen molar-refractivity contribution in [2.24, 2.45) is 0 Å². The number of rotatable bonds is 5. The monoisotopic (exact) mass is 473 g/mol. The molecule has 2 aromatic carbocycles. The molecule has 0 atom stereocenters. The summed E-state index contributed by atoms with van der Waals surface area (Å²) in [6, 6.07) is 15.0. The quantitative estimate of drug-likeness (QED) is 0.637. The summed E-state index contributed by atoms with van der Waals surface area (Å²) < 4.78 is 5.41. The summed E-state index contributed by atoms with van der Waals surface area (Å²) >= 11 is 4.64. The molecule has 2 aliphatic rings. The second-order valence-electron chi connectivity index (χ2n) is 8.09. The smallest absolute Gasteiger partial charge is 0.335 e. The van der Waals surface area contributed by atoms with Gasteiger partial charge in [-0.2, -0.15) is 0 Å². The van der Waals surface area contributed by atoms with Crippen molar-refractivity contribution in [1.82, 2.24) is 10.2 Å². The number of hydrogen-bond donors (Lipinski definition) is 2. The van der Waals surface area contributed by atoms with Crippen LogP contribution in [0, 0.1) is 0 Å². The number of benzene rings is 2. The van der Waals surface area contributed by atoms with Crippen molar-refractivity contribution < 1.29 is 19.4 Å². The van der Waals surface area contributed by atoms with Crippen LogP contribution in [-0.2, 0) is 11.3 Å². The Morgan fingerprint density at radius 2 is 1.76 bits per heavy atom. The molecule has 7 nitrogen and oxygen atoms in total. The van der Waals surface area contributed by atoms with E-state index in [9.17, 15) is 9.59 Å². The molecule has 2 saturated heterocycles. The Labute approximate surface area is 200 Å². The van der Waals surface area contributed by atoms with E-state index in [4.69, 9.17) is 9.84 Å². The molecule has 2 heterocycles. The first-order valence-electron chi connectivity index (χ1n) is 11.3. The first kappa shape index (κ1) is 25.0. The fraction of sp³-hybridized carbons (Fsp3) is 0.440. The third-order valence-corrected chi connectivity index (χ3v) is 6.05. The van der Waals surface area contributed by atoms with E-state index in [1.54, 1.807) is 29.2 Å². The van der Waals surface area contributed by atoms with Crippen LogP contribution in [0.4, 0.5) is 10.5 Å². The van der Waals surface area contributed by atoms with Crippen LogP contribution < -0.4 is 10.2 Å². The zero-order valence-corrected chi connectivity index (χ0v) is 19.8. The van der Waals surface area contributed by atoms with Gasteiger partial charge in [0.1, 0.15) is 0 Å². The largest absolute Gasteiger partial charge is 0.478 e. The van der Waals surface area contributed by atoms with Crippen molar-refractivity contribution in [2.75, 3.05) is 50.7 Å². The molecule has 4 rings (SSSR count). The molecule has 0 unspecified atom stereocenters. The second kappa shape index (κ2) is 12.6. The van der Waals surface area contributed by atoms with Crippen LogP contribution in [0.2, 0.25) is 0 Å². The highest BCUT2D eigenvalue weighted by Crippen LogP contribution is 2.29. The number of morpholine rings is 1. The van der Waals surface area contributed by atoms with Crippen LogP contribution in [0.1, 0.15) is 40.2 Å². The summed E-state index contributed by atoms with van der Waals surface area (Å²) in [6.07, 6.45) is 3.66. The number of carboxylic acids is 1.